The number of unbranched alkanes of at least 4 members (excludes halogenated alkanes) is 1. The molecule has 0 saturated heterocycles. The van der Waals surface area contributed by atoms with E-state index in [1.165, 1.54) is 0 Å². The van der Waals surface area contributed by atoms with Crippen LogP contribution in [0.25, 0.3) is 11.3 Å². The van der Waals surface area contributed by atoms with Crippen LogP contribution < -0.4 is 10.1 Å². The number of aldehydes is 1. The predicted molar refractivity (Wildman–Crippen MR) is 103 cm³/mol. The summed E-state index contributed by atoms with van der Waals surface area (Å²) in [6.07, 6.45) is 2.79. The number of aromatic nitrogens is 1. The molecule has 0 amide bonds. The quantitative estimate of drug-likeness (QED) is 0.440. The number of ether oxygens (including phenoxy) is 1. The second-order valence-corrected chi connectivity index (χ2v) is 6.43. The van der Waals surface area contributed by atoms with Crippen molar-refractivity contribution in [1.82, 2.24) is 4.98 Å². The molecule has 0 aliphatic heterocycles. The van der Waals surface area contributed by atoms with Crippen LogP contribution in [0.4, 0.5) is 5.13 Å². The zero-order chi connectivity index (χ0) is 17.3. The number of hydrogen-bond donors (Lipinski definition) is 1. The first kappa shape index (κ1) is 17.2. The summed E-state index contributed by atoms with van der Waals surface area (Å²) in [5.74, 6) is 0.797. The van der Waals surface area contributed by atoms with E-state index in [0.29, 0.717) is 12.2 Å². The molecule has 0 atom stereocenters. The maximum absolute atomic E-state index is 10.6. The third-order valence-corrected chi connectivity index (χ3v) is 4.51. The summed E-state index contributed by atoms with van der Waals surface area (Å²) < 4.78 is 5.66. The third-order valence-electron chi connectivity index (χ3n) is 3.71. The van der Waals surface area contributed by atoms with Crippen molar-refractivity contribution < 1.29 is 9.53 Å². The van der Waals surface area contributed by atoms with E-state index in [9.17, 15) is 4.79 Å². The molecule has 128 valence electrons. The van der Waals surface area contributed by atoms with Gasteiger partial charge in [0.15, 0.2) is 5.13 Å². The van der Waals surface area contributed by atoms with Gasteiger partial charge in [0.05, 0.1) is 12.3 Å². The van der Waals surface area contributed by atoms with Gasteiger partial charge in [-0.05, 0) is 37.1 Å². The Kier molecular flexibility index (Phi) is 6.17. The lowest BCUT2D eigenvalue weighted by Gasteiger charge is -2.06. The van der Waals surface area contributed by atoms with Gasteiger partial charge in [-0.1, -0.05) is 30.3 Å². The van der Waals surface area contributed by atoms with Gasteiger partial charge in [0.25, 0.3) is 0 Å². The Morgan fingerprint density at radius 1 is 1.04 bits per heavy atom. The number of carbonyl (C=O) groups is 1. The fraction of sp³-hybridized carbons (Fsp3) is 0.200. The molecule has 0 aliphatic carbocycles. The van der Waals surface area contributed by atoms with Gasteiger partial charge in [0.2, 0.25) is 0 Å². The number of hydrogen-bond acceptors (Lipinski definition) is 5. The van der Waals surface area contributed by atoms with Crippen molar-refractivity contribution >= 4 is 22.8 Å². The topological polar surface area (TPSA) is 51.2 Å². The van der Waals surface area contributed by atoms with E-state index < -0.39 is 0 Å². The maximum atomic E-state index is 10.6. The Morgan fingerprint density at radius 3 is 2.60 bits per heavy atom. The van der Waals surface area contributed by atoms with Crippen LogP contribution in [0.2, 0.25) is 0 Å². The van der Waals surface area contributed by atoms with Crippen LogP contribution in [-0.4, -0.2) is 24.4 Å². The van der Waals surface area contributed by atoms with Crippen molar-refractivity contribution in [3.63, 3.8) is 0 Å². The summed E-state index contributed by atoms with van der Waals surface area (Å²) in [5.41, 5.74) is 2.81. The molecule has 1 N–H and O–H groups in total. The van der Waals surface area contributed by atoms with Crippen LogP contribution >= 0.6 is 11.3 Å². The lowest BCUT2D eigenvalue weighted by Crippen LogP contribution is -2.04. The molecule has 0 unspecified atom stereocenters. The van der Waals surface area contributed by atoms with Gasteiger partial charge >= 0.3 is 0 Å². The van der Waals surface area contributed by atoms with Gasteiger partial charge in [-0.25, -0.2) is 4.98 Å². The zero-order valence-corrected chi connectivity index (χ0v) is 14.7. The van der Waals surface area contributed by atoms with Crippen LogP contribution in [0.1, 0.15) is 23.2 Å². The van der Waals surface area contributed by atoms with E-state index in [4.69, 9.17) is 4.74 Å². The van der Waals surface area contributed by atoms with E-state index in [-0.39, 0.29) is 0 Å². The number of nitrogens with one attached hydrogen (secondary N) is 1. The van der Waals surface area contributed by atoms with Gasteiger partial charge in [0, 0.05) is 23.1 Å². The molecule has 3 rings (SSSR count). The molecule has 5 heteroatoms. The Balaban J connectivity index is 1.35. The molecule has 2 aromatic carbocycles. The normalized spacial score (nSPS) is 10.4. The number of thiazole rings is 1. The zero-order valence-electron chi connectivity index (χ0n) is 13.9. The summed E-state index contributed by atoms with van der Waals surface area (Å²) in [5, 5.41) is 6.38. The molecule has 3 aromatic rings. The SMILES string of the molecule is O=Cc1ccc(OCCCCNc2nc(-c3ccccc3)cs2)cc1. The summed E-state index contributed by atoms with van der Waals surface area (Å²) >= 11 is 1.63. The van der Waals surface area contributed by atoms with Gasteiger partial charge < -0.3 is 10.1 Å². The average Bonchev–Trinajstić information content (AvgIpc) is 3.15. The first-order valence-electron chi connectivity index (χ1n) is 8.28. The highest BCUT2D eigenvalue weighted by Gasteiger charge is 2.03. The van der Waals surface area contributed by atoms with Crippen molar-refractivity contribution in [3.05, 3.63) is 65.5 Å². The molecular weight excluding hydrogens is 332 g/mol. The van der Waals surface area contributed by atoms with Crippen molar-refractivity contribution in [2.24, 2.45) is 0 Å². The van der Waals surface area contributed by atoms with Gasteiger partial charge in [0.1, 0.15) is 12.0 Å². The molecule has 0 fully saturated rings. The van der Waals surface area contributed by atoms with E-state index >= 15 is 0 Å². The summed E-state index contributed by atoms with van der Waals surface area (Å²) in [6.45, 7) is 1.53. The van der Waals surface area contributed by atoms with E-state index in [2.05, 4.69) is 27.8 Å². The van der Waals surface area contributed by atoms with E-state index in [1.807, 2.05) is 30.3 Å². The smallest absolute Gasteiger partial charge is 0.183 e. The molecular formula is C20H20N2O2S. The minimum absolute atomic E-state index is 0.662. The lowest BCUT2D eigenvalue weighted by molar-refractivity contribution is 0.112. The Bertz CT molecular complexity index is 785. The summed E-state index contributed by atoms with van der Waals surface area (Å²) in [6, 6.07) is 17.4. The molecule has 0 spiro atoms. The fourth-order valence-corrected chi connectivity index (χ4v) is 3.10. The Hall–Kier alpha value is -2.66. The van der Waals surface area contributed by atoms with E-state index in [1.54, 1.807) is 23.5 Å². The number of carbonyl (C=O) groups excluding carboxylic acids is 1. The minimum Gasteiger partial charge on any atom is -0.494 e. The second-order valence-electron chi connectivity index (χ2n) is 5.57. The lowest BCUT2D eigenvalue weighted by atomic mass is 10.2. The molecule has 0 aliphatic rings. The molecule has 0 bridgehead atoms. The van der Waals surface area contributed by atoms with Crippen LogP contribution in [0, 0.1) is 0 Å². The standard InChI is InChI=1S/C20H20N2O2S/c23-14-16-8-10-18(11-9-16)24-13-5-4-12-21-20-22-19(15-25-20)17-6-2-1-3-7-17/h1-3,6-11,14-15H,4-5,12-13H2,(H,21,22). The predicted octanol–water partition coefficient (Wildman–Crippen LogP) is 4.89. The van der Waals surface area contributed by atoms with Gasteiger partial charge in [-0.15, -0.1) is 11.3 Å². The highest BCUT2D eigenvalue weighted by Crippen LogP contribution is 2.24. The van der Waals surface area contributed by atoms with Crippen molar-refractivity contribution in [2.45, 2.75) is 12.8 Å². The molecule has 25 heavy (non-hydrogen) atoms. The van der Waals surface area contributed by atoms with Crippen molar-refractivity contribution in [1.29, 1.82) is 0 Å². The monoisotopic (exact) mass is 352 g/mol. The summed E-state index contributed by atoms with van der Waals surface area (Å²) in [4.78, 5) is 15.2. The fourth-order valence-electron chi connectivity index (χ4n) is 2.35. The van der Waals surface area contributed by atoms with Gasteiger partial charge in [-0.2, -0.15) is 0 Å². The molecule has 4 nitrogen and oxygen atoms in total. The van der Waals surface area contributed by atoms with Crippen LogP contribution in [0.5, 0.6) is 5.75 Å². The number of nitrogens with zero attached hydrogens (tertiary/aromatic N) is 1. The molecule has 1 heterocycles. The highest BCUT2D eigenvalue weighted by molar-refractivity contribution is 7.14. The van der Waals surface area contributed by atoms with Gasteiger partial charge in [-0.3, -0.25) is 4.79 Å². The molecule has 1 aromatic heterocycles. The Morgan fingerprint density at radius 2 is 1.84 bits per heavy atom. The van der Waals surface area contributed by atoms with Crippen molar-refractivity contribution in [3.8, 4) is 17.0 Å². The van der Waals surface area contributed by atoms with E-state index in [0.717, 1.165) is 47.8 Å². The number of anilines is 1. The van der Waals surface area contributed by atoms with Crippen LogP contribution in [0.15, 0.2) is 60.0 Å². The first-order chi connectivity index (χ1) is 12.3. The number of benzene rings is 2. The second kappa shape index (κ2) is 8.99. The maximum Gasteiger partial charge on any atom is 0.183 e. The largest absolute Gasteiger partial charge is 0.494 e. The van der Waals surface area contributed by atoms with Crippen LogP contribution in [-0.2, 0) is 0 Å². The van der Waals surface area contributed by atoms with Crippen molar-refractivity contribution in [2.75, 3.05) is 18.5 Å². The molecule has 0 radical (unpaired) electrons. The highest BCUT2D eigenvalue weighted by atomic mass is 32.1. The number of rotatable bonds is 9. The van der Waals surface area contributed by atoms with Crippen LogP contribution in [0.3, 0.4) is 0 Å². The third kappa shape index (κ3) is 5.16. The molecule has 0 saturated carbocycles. The minimum atomic E-state index is 0.662. The average molecular weight is 352 g/mol. The summed E-state index contributed by atoms with van der Waals surface area (Å²) in [7, 11) is 0. The Labute approximate surface area is 151 Å². The first-order valence-corrected chi connectivity index (χ1v) is 9.16.